The summed E-state index contributed by atoms with van der Waals surface area (Å²) in [7, 11) is 0. The zero-order valence-corrected chi connectivity index (χ0v) is 15.5. The monoisotopic (exact) mass is 383 g/mol. The Labute approximate surface area is 161 Å². The fraction of sp³-hybridized carbons (Fsp3) is 0.105. The van der Waals surface area contributed by atoms with E-state index >= 15 is 0 Å². The molecule has 0 aliphatic rings. The molecule has 0 aliphatic carbocycles. The Morgan fingerprint density at radius 2 is 1.88 bits per heavy atom. The Bertz CT molecular complexity index is 868. The van der Waals surface area contributed by atoms with Gasteiger partial charge in [-0.25, -0.2) is 4.98 Å². The third kappa shape index (κ3) is 5.11. The van der Waals surface area contributed by atoms with Crippen LogP contribution in [0.1, 0.15) is 15.9 Å². The summed E-state index contributed by atoms with van der Waals surface area (Å²) in [4.78, 5) is 16.6. The molecule has 0 atom stereocenters. The minimum atomic E-state index is -0.325. The molecule has 2 aromatic carbocycles. The molecule has 5 nitrogen and oxygen atoms in total. The fourth-order valence-electron chi connectivity index (χ4n) is 2.29. The lowest BCUT2D eigenvalue weighted by molar-refractivity contribution is 0.0974. The van der Waals surface area contributed by atoms with Crippen LogP contribution in [0, 0.1) is 0 Å². The number of thiazole rings is 1. The van der Waals surface area contributed by atoms with E-state index in [1.807, 2.05) is 41.8 Å². The Morgan fingerprint density at radius 1 is 1.12 bits per heavy atom. The van der Waals surface area contributed by atoms with Crippen LogP contribution in [0.15, 0.2) is 66.2 Å². The minimum Gasteiger partial charge on any atom is -0.492 e. The number of carbonyl (C=O) groups is 1. The molecule has 0 unspecified atom stereocenters. The summed E-state index contributed by atoms with van der Waals surface area (Å²) >= 11 is 6.56. The van der Waals surface area contributed by atoms with Crippen LogP contribution in [0.3, 0.4) is 0 Å². The van der Waals surface area contributed by atoms with E-state index in [0.29, 0.717) is 23.1 Å². The summed E-state index contributed by atoms with van der Waals surface area (Å²) in [5.41, 5.74) is 1.62. The van der Waals surface area contributed by atoms with Crippen molar-refractivity contribution in [1.29, 1.82) is 0 Å². The summed E-state index contributed by atoms with van der Waals surface area (Å²) in [6.45, 7) is 0.482. The van der Waals surface area contributed by atoms with Crippen molar-refractivity contribution in [2.45, 2.75) is 6.42 Å². The molecule has 1 amide bonds. The normalized spacial score (nSPS) is 10.2. The van der Waals surface area contributed by atoms with Crippen molar-refractivity contribution in [3.8, 4) is 5.75 Å². The van der Waals surface area contributed by atoms with Crippen molar-refractivity contribution in [3.63, 3.8) is 0 Å². The van der Waals surface area contributed by atoms with Crippen LogP contribution < -0.4 is 15.4 Å². The molecule has 1 aromatic heterocycles. The minimum absolute atomic E-state index is 0.198. The van der Waals surface area contributed by atoms with E-state index in [-0.39, 0.29) is 11.0 Å². The van der Waals surface area contributed by atoms with Crippen molar-refractivity contribution in [1.82, 2.24) is 10.3 Å². The van der Waals surface area contributed by atoms with E-state index in [9.17, 15) is 4.79 Å². The molecule has 0 bridgehead atoms. The van der Waals surface area contributed by atoms with Crippen LogP contribution in [0.2, 0.25) is 0 Å². The molecule has 3 rings (SSSR count). The number of benzene rings is 2. The number of amides is 1. The van der Waals surface area contributed by atoms with Crippen LogP contribution in [0.25, 0.3) is 0 Å². The smallest absolute Gasteiger partial charge is 0.261 e. The third-order valence-corrected chi connectivity index (χ3v) is 4.40. The highest BCUT2D eigenvalue weighted by molar-refractivity contribution is 7.80. The van der Waals surface area contributed by atoms with E-state index < -0.39 is 0 Å². The molecule has 26 heavy (non-hydrogen) atoms. The second kappa shape index (κ2) is 9.07. The van der Waals surface area contributed by atoms with Gasteiger partial charge in [0.15, 0.2) is 10.2 Å². The van der Waals surface area contributed by atoms with Crippen molar-refractivity contribution in [3.05, 3.63) is 77.3 Å². The van der Waals surface area contributed by atoms with Crippen molar-refractivity contribution >= 4 is 39.7 Å². The molecule has 1 heterocycles. The highest BCUT2D eigenvalue weighted by Crippen LogP contribution is 2.18. The van der Waals surface area contributed by atoms with Gasteiger partial charge in [0.25, 0.3) is 5.91 Å². The molecule has 3 aromatic rings. The van der Waals surface area contributed by atoms with Gasteiger partial charge in [0.05, 0.1) is 12.2 Å². The molecule has 0 spiro atoms. The first kappa shape index (κ1) is 18.0. The predicted molar refractivity (Wildman–Crippen MR) is 108 cm³/mol. The number of hydrogen-bond donors (Lipinski definition) is 2. The summed E-state index contributed by atoms with van der Waals surface area (Å²) in [6.07, 6.45) is 2.42. The number of nitrogens with zero attached hydrogens (tertiary/aromatic N) is 1. The quantitative estimate of drug-likeness (QED) is 0.632. The highest BCUT2D eigenvalue weighted by atomic mass is 32.1. The van der Waals surface area contributed by atoms with Gasteiger partial charge in [0.2, 0.25) is 0 Å². The first-order chi connectivity index (χ1) is 12.7. The Kier molecular flexibility index (Phi) is 6.29. The number of ether oxygens (including phenoxy) is 1. The summed E-state index contributed by atoms with van der Waals surface area (Å²) in [5.74, 6) is 0.201. The standard InChI is InChI=1S/C19H17N3O2S2/c23-17(21-18(25)22-19-20-11-13-26-19)15-8-4-5-9-16(15)24-12-10-14-6-2-1-3-7-14/h1-9,11,13H,10,12H2,(H2,20,21,22,23,25). The number of rotatable bonds is 6. The van der Waals surface area contributed by atoms with E-state index in [1.54, 1.807) is 24.4 Å². The van der Waals surface area contributed by atoms with Gasteiger partial charge in [-0.05, 0) is 29.9 Å². The third-order valence-electron chi connectivity index (χ3n) is 3.50. The van der Waals surface area contributed by atoms with Gasteiger partial charge < -0.3 is 10.1 Å². The molecular weight excluding hydrogens is 366 g/mol. The number of carbonyl (C=O) groups excluding carboxylic acids is 1. The molecule has 0 saturated carbocycles. The molecule has 0 fully saturated rings. The first-order valence-corrected chi connectivity index (χ1v) is 9.29. The highest BCUT2D eigenvalue weighted by Gasteiger charge is 2.14. The van der Waals surface area contributed by atoms with Gasteiger partial charge in [-0.1, -0.05) is 42.5 Å². The zero-order chi connectivity index (χ0) is 18.2. The van der Waals surface area contributed by atoms with E-state index in [0.717, 1.165) is 6.42 Å². The van der Waals surface area contributed by atoms with Crippen LogP contribution in [0.4, 0.5) is 5.13 Å². The van der Waals surface area contributed by atoms with Crippen LogP contribution in [0.5, 0.6) is 5.75 Å². The van der Waals surface area contributed by atoms with Crippen molar-refractivity contribution in [2.75, 3.05) is 11.9 Å². The van der Waals surface area contributed by atoms with Crippen LogP contribution in [-0.4, -0.2) is 22.6 Å². The number of hydrogen-bond acceptors (Lipinski definition) is 5. The molecule has 132 valence electrons. The number of aromatic nitrogens is 1. The topological polar surface area (TPSA) is 63.2 Å². The van der Waals surface area contributed by atoms with Crippen molar-refractivity contribution in [2.24, 2.45) is 0 Å². The zero-order valence-electron chi connectivity index (χ0n) is 13.8. The predicted octanol–water partition coefficient (Wildman–Crippen LogP) is 3.89. The molecule has 0 saturated heterocycles. The summed E-state index contributed by atoms with van der Waals surface area (Å²) < 4.78 is 5.81. The van der Waals surface area contributed by atoms with E-state index in [2.05, 4.69) is 15.6 Å². The van der Waals surface area contributed by atoms with Crippen LogP contribution in [-0.2, 0) is 6.42 Å². The molecule has 2 N–H and O–H groups in total. The average molecular weight is 383 g/mol. The summed E-state index contributed by atoms with van der Waals surface area (Å²) in [5, 5.41) is 8.17. The van der Waals surface area contributed by atoms with Crippen molar-refractivity contribution < 1.29 is 9.53 Å². The molecule has 7 heteroatoms. The van der Waals surface area contributed by atoms with Gasteiger partial charge >= 0.3 is 0 Å². The lowest BCUT2D eigenvalue weighted by Crippen LogP contribution is -2.34. The number of nitrogens with one attached hydrogen (secondary N) is 2. The Morgan fingerprint density at radius 3 is 2.65 bits per heavy atom. The van der Waals surface area contributed by atoms with Gasteiger partial charge in [-0.15, -0.1) is 11.3 Å². The maximum Gasteiger partial charge on any atom is 0.261 e. The molecule has 0 aliphatic heterocycles. The lowest BCUT2D eigenvalue weighted by atomic mass is 10.1. The number of anilines is 1. The average Bonchev–Trinajstić information content (AvgIpc) is 3.16. The molecular formula is C19H17N3O2S2. The number of para-hydroxylation sites is 1. The largest absolute Gasteiger partial charge is 0.492 e. The van der Waals surface area contributed by atoms with Gasteiger partial charge in [0.1, 0.15) is 5.75 Å². The fourth-order valence-corrected chi connectivity index (χ4v) is 3.07. The van der Waals surface area contributed by atoms with E-state index in [1.165, 1.54) is 16.9 Å². The van der Waals surface area contributed by atoms with Crippen LogP contribution >= 0.6 is 23.6 Å². The number of thiocarbonyl (C=S) groups is 1. The Hall–Kier alpha value is -2.77. The van der Waals surface area contributed by atoms with Gasteiger partial charge in [-0.2, -0.15) is 0 Å². The first-order valence-electron chi connectivity index (χ1n) is 8.00. The second-order valence-corrected chi connectivity index (χ2v) is 6.63. The Balaban J connectivity index is 1.58. The van der Waals surface area contributed by atoms with Gasteiger partial charge in [-0.3, -0.25) is 10.1 Å². The van der Waals surface area contributed by atoms with Gasteiger partial charge in [0, 0.05) is 18.0 Å². The lowest BCUT2D eigenvalue weighted by Gasteiger charge is -2.12. The SMILES string of the molecule is O=C(NC(=S)Nc1nccs1)c1ccccc1OCCc1ccccc1. The van der Waals surface area contributed by atoms with E-state index in [4.69, 9.17) is 17.0 Å². The maximum atomic E-state index is 12.5. The summed E-state index contributed by atoms with van der Waals surface area (Å²) in [6, 6.07) is 17.2. The second-order valence-electron chi connectivity index (χ2n) is 5.33. The maximum absolute atomic E-state index is 12.5. The molecule has 0 radical (unpaired) electrons.